The van der Waals surface area contributed by atoms with Gasteiger partial charge in [-0.2, -0.15) is 0 Å². The van der Waals surface area contributed by atoms with Crippen molar-refractivity contribution in [2.75, 3.05) is 0 Å². The summed E-state index contributed by atoms with van der Waals surface area (Å²) in [4.78, 5) is 4.33. The number of nitrogens with zero attached hydrogens (tertiary/aromatic N) is 1. The summed E-state index contributed by atoms with van der Waals surface area (Å²) in [5.41, 5.74) is 19.4. The van der Waals surface area contributed by atoms with Crippen molar-refractivity contribution >= 4 is 5.96 Å². The van der Waals surface area contributed by atoms with E-state index >= 15 is 0 Å². The van der Waals surface area contributed by atoms with Crippen molar-refractivity contribution in [3.8, 4) is 0 Å². The molecule has 18 heavy (non-hydrogen) atoms. The van der Waals surface area contributed by atoms with Crippen LogP contribution in [0.25, 0.3) is 5.73 Å². The topological polar surface area (TPSA) is 88.2 Å². The molecule has 0 aromatic rings. The second-order valence-corrected chi connectivity index (χ2v) is 5.46. The summed E-state index contributed by atoms with van der Waals surface area (Å²) < 4.78 is 0. The van der Waals surface area contributed by atoms with Crippen LogP contribution in [0.4, 0.5) is 0 Å². The van der Waals surface area contributed by atoms with Crippen molar-refractivity contribution in [2.45, 2.75) is 58.5 Å². The maximum absolute atomic E-state index is 8.44. The minimum atomic E-state index is -0.0250. The number of guanidine groups is 1. The molecule has 0 amide bonds. The molecule has 0 aliphatic heterocycles. The number of nitrogens with two attached hydrogens (primary N) is 2. The van der Waals surface area contributed by atoms with Gasteiger partial charge in [0.05, 0.1) is 6.04 Å². The minimum absolute atomic E-state index is 0. The summed E-state index contributed by atoms with van der Waals surface area (Å²) in [6.45, 7) is 6.57. The second-order valence-electron chi connectivity index (χ2n) is 5.46. The predicted octanol–water partition coefficient (Wildman–Crippen LogP) is 2.53. The largest absolute Gasteiger partial charge is 0.674 e. The van der Waals surface area contributed by atoms with Crippen LogP contribution in [0, 0.1) is 61.8 Å². The number of aliphatic imine (C=N–C) groups is 1. The molecule has 0 spiro atoms. The average Bonchev–Trinajstić information content (AvgIpc) is 2.60. The molecule has 1 saturated carbocycles. The summed E-state index contributed by atoms with van der Waals surface area (Å²) >= 11 is 0. The third-order valence-electron chi connectivity index (χ3n) is 4.15. The zero-order valence-corrected chi connectivity index (χ0v) is 16.6. The molecule has 4 nitrogen and oxygen atoms in total. The van der Waals surface area contributed by atoms with E-state index in [4.69, 9.17) is 17.2 Å². The molecule has 0 aromatic carbocycles. The number of hydrogen-bond donors (Lipinski definition) is 2. The first kappa shape index (κ1) is 18.7. The molecule has 5 N–H and O–H groups in total. The van der Waals surface area contributed by atoms with Crippen molar-refractivity contribution in [2.24, 2.45) is 34.2 Å². The first-order chi connectivity index (χ1) is 7.99. The van der Waals surface area contributed by atoms with Crippen LogP contribution < -0.4 is 11.5 Å². The van der Waals surface area contributed by atoms with Crippen molar-refractivity contribution in [3.63, 3.8) is 0 Å². The third kappa shape index (κ3) is 4.98. The Balaban J connectivity index is 0.00000289. The number of rotatable bonds is 5. The zero-order chi connectivity index (χ0) is 13.0. The molecule has 5 heteroatoms. The first-order valence-corrected chi connectivity index (χ1v) is 6.79. The maximum Gasteiger partial charge on any atom is 0.186 e. The maximum atomic E-state index is 8.44. The van der Waals surface area contributed by atoms with Crippen LogP contribution in [-0.2, 0) is 0 Å². The number of nitrogens with one attached hydrogen (secondary N) is 1. The standard InChI is InChI=1S/C13H27N4.Ac/c1-4-9(5-2)12(14)10-6-8(3)7-11(10)17-13(15)16;/h8-12,14H,4-7H2,1-3H3,(H4,15,16,17);/q-1;. The van der Waals surface area contributed by atoms with Crippen molar-refractivity contribution in [1.82, 2.24) is 0 Å². The molecule has 103 valence electrons. The van der Waals surface area contributed by atoms with E-state index in [0.29, 0.717) is 17.8 Å². The van der Waals surface area contributed by atoms with E-state index in [1.165, 1.54) is 0 Å². The Hall–Kier alpha value is 0.672. The fraction of sp³-hybridized carbons (Fsp3) is 0.923. The van der Waals surface area contributed by atoms with Gasteiger partial charge in [0.15, 0.2) is 5.96 Å². The molecule has 0 heterocycles. The molecule has 1 rings (SSSR count). The van der Waals surface area contributed by atoms with E-state index in [0.717, 1.165) is 25.7 Å². The molecular formula is C13H27AcN4-. The van der Waals surface area contributed by atoms with Crippen LogP contribution in [0.2, 0.25) is 0 Å². The summed E-state index contributed by atoms with van der Waals surface area (Å²) in [6, 6.07) is 0.140. The van der Waals surface area contributed by atoms with Gasteiger partial charge in [0.1, 0.15) is 0 Å². The quantitative estimate of drug-likeness (QED) is 0.482. The third-order valence-corrected chi connectivity index (χ3v) is 4.15. The summed E-state index contributed by atoms with van der Waals surface area (Å²) in [6.07, 6.45) is 4.26. The van der Waals surface area contributed by atoms with Gasteiger partial charge in [-0.1, -0.05) is 39.5 Å². The van der Waals surface area contributed by atoms with Crippen molar-refractivity contribution in [1.29, 1.82) is 0 Å². The normalized spacial score (nSPS) is 28.8. The van der Waals surface area contributed by atoms with E-state index in [2.05, 4.69) is 25.8 Å². The summed E-state index contributed by atoms with van der Waals surface area (Å²) in [7, 11) is 0. The Morgan fingerprint density at radius 1 is 1.28 bits per heavy atom. The van der Waals surface area contributed by atoms with Gasteiger partial charge >= 0.3 is 0 Å². The van der Waals surface area contributed by atoms with Crippen LogP contribution in [0.1, 0.15) is 46.5 Å². The first-order valence-electron chi connectivity index (χ1n) is 6.79. The SMILES string of the molecule is CCC(CC)C([NH-])C1CC(C)CC1N=C(N)N.[Ac]. The Kier molecular flexibility index (Phi) is 9.09. The van der Waals surface area contributed by atoms with Crippen molar-refractivity contribution < 1.29 is 44.1 Å². The van der Waals surface area contributed by atoms with Crippen LogP contribution in [0.5, 0.6) is 0 Å². The number of hydrogen-bond acceptors (Lipinski definition) is 1. The smallest absolute Gasteiger partial charge is 0.186 e. The summed E-state index contributed by atoms with van der Waals surface area (Å²) in [5.74, 6) is 1.61. The van der Waals surface area contributed by atoms with Crippen LogP contribution in [0.3, 0.4) is 0 Å². The molecule has 0 saturated heterocycles. The van der Waals surface area contributed by atoms with Gasteiger partial charge in [-0.15, -0.1) is 6.04 Å². The van der Waals surface area contributed by atoms with E-state index in [1.807, 2.05) is 0 Å². The Morgan fingerprint density at radius 2 is 1.83 bits per heavy atom. The molecular weight excluding hydrogens is 439 g/mol. The molecule has 1 radical (unpaired) electrons. The zero-order valence-electron chi connectivity index (χ0n) is 11.9. The van der Waals surface area contributed by atoms with Gasteiger partial charge in [-0.3, -0.25) is 4.99 Å². The molecule has 0 bridgehead atoms. The molecule has 4 unspecified atom stereocenters. The van der Waals surface area contributed by atoms with Gasteiger partial charge in [0.2, 0.25) is 0 Å². The fourth-order valence-electron chi connectivity index (χ4n) is 3.18. The second kappa shape index (κ2) is 8.77. The Labute approximate surface area is 147 Å². The van der Waals surface area contributed by atoms with Crippen LogP contribution >= 0.6 is 0 Å². The van der Waals surface area contributed by atoms with E-state index in [1.54, 1.807) is 0 Å². The van der Waals surface area contributed by atoms with Crippen LogP contribution in [0.15, 0.2) is 4.99 Å². The predicted molar refractivity (Wildman–Crippen MR) is 73.7 cm³/mol. The Bertz CT molecular complexity index is 262. The van der Waals surface area contributed by atoms with Gasteiger partial charge in [0.25, 0.3) is 0 Å². The Morgan fingerprint density at radius 3 is 2.28 bits per heavy atom. The van der Waals surface area contributed by atoms with Gasteiger partial charge < -0.3 is 17.2 Å². The van der Waals surface area contributed by atoms with E-state index in [9.17, 15) is 0 Å². The van der Waals surface area contributed by atoms with E-state index in [-0.39, 0.29) is 62.1 Å². The van der Waals surface area contributed by atoms with Crippen molar-refractivity contribution in [3.05, 3.63) is 5.73 Å². The van der Waals surface area contributed by atoms with E-state index < -0.39 is 0 Å². The average molecular weight is 466 g/mol. The fourth-order valence-corrected chi connectivity index (χ4v) is 3.18. The molecule has 1 aliphatic carbocycles. The monoisotopic (exact) mass is 466 g/mol. The van der Waals surface area contributed by atoms with Gasteiger partial charge in [-0.25, -0.2) is 0 Å². The molecule has 0 aromatic heterocycles. The minimum Gasteiger partial charge on any atom is -0.674 e. The molecule has 1 aliphatic rings. The summed E-state index contributed by atoms with van der Waals surface area (Å²) in [5, 5.41) is 0. The van der Waals surface area contributed by atoms with Gasteiger partial charge in [0, 0.05) is 44.1 Å². The molecule has 1 fully saturated rings. The van der Waals surface area contributed by atoms with Crippen LogP contribution in [-0.4, -0.2) is 18.0 Å². The van der Waals surface area contributed by atoms with Gasteiger partial charge in [-0.05, 0) is 24.7 Å². The molecule has 4 atom stereocenters.